The Bertz CT molecular complexity index is 3770. The molecule has 0 aliphatic carbocycles. The Labute approximate surface area is 345 Å². The molecular weight excluding hydrogens is 729 g/mol. The lowest BCUT2D eigenvalue weighted by molar-refractivity contribution is 0.668. The summed E-state index contributed by atoms with van der Waals surface area (Å²) in [5.41, 5.74) is 13.2. The van der Waals surface area contributed by atoms with E-state index < -0.39 is 0 Å². The molecule has 0 fully saturated rings. The van der Waals surface area contributed by atoms with Crippen molar-refractivity contribution in [1.29, 1.82) is 0 Å². The first-order valence-corrected chi connectivity index (χ1v) is 20.6. The topological polar surface area (TPSA) is 26.3 Å². The molecular formula is C58H34O2. The largest absolute Gasteiger partial charge is 0.456 e. The Morgan fingerprint density at radius 3 is 1.25 bits per heavy atom. The van der Waals surface area contributed by atoms with E-state index in [1.807, 2.05) is 6.07 Å². The molecule has 2 aromatic heterocycles. The van der Waals surface area contributed by atoms with Gasteiger partial charge in [-0.2, -0.15) is 0 Å². The van der Waals surface area contributed by atoms with Gasteiger partial charge in [0.1, 0.15) is 22.3 Å². The SMILES string of the molecule is c1ccc(-c2c3ccccc3c(-c3ccc4c(c3)oc3ccc(-c5c6ccccc6c(-c6cccc7oc8ccccc8c67)c6ccccc56)cc34)c3ccccc23)cc1. The Morgan fingerprint density at radius 2 is 0.650 bits per heavy atom. The van der Waals surface area contributed by atoms with Gasteiger partial charge in [0.15, 0.2) is 0 Å². The number of hydrogen-bond donors (Lipinski definition) is 0. The minimum absolute atomic E-state index is 0.879. The quantitative estimate of drug-likeness (QED) is 0.167. The second kappa shape index (κ2) is 12.8. The van der Waals surface area contributed by atoms with Crippen LogP contribution >= 0.6 is 0 Å². The van der Waals surface area contributed by atoms with E-state index in [1.165, 1.54) is 76.5 Å². The van der Waals surface area contributed by atoms with E-state index in [9.17, 15) is 0 Å². The van der Waals surface area contributed by atoms with Gasteiger partial charge in [0.05, 0.1) is 0 Å². The number of hydrogen-bond acceptors (Lipinski definition) is 2. The molecule has 0 saturated heterocycles. The molecule has 2 heterocycles. The summed E-state index contributed by atoms with van der Waals surface area (Å²) in [4.78, 5) is 0. The Morgan fingerprint density at radius 1 is 0.217 bits per heavy atom. The van der Waals surface area contributed by atoms with Gasteiger partial charge in [-0.3, -0.25) is 0 Å². The fraction of sp³-hybridized carbons (Fsp3) is 0. The fourth-order valence-electron chi connectivity index (χ4n) is 10.2. The lowest BCUT2D eigenvalue weighted by Gasteiger charge is -2.18. The van der Waals surface area contributed by atoms with Gasteiger partial charge in [-0.05, 0) is 124 Å². The summed E-state index contributed by atoms with van der Waals surface area (Å²) in [5, 5.41) is 14.3. The number of benzene rings is 11. The molecule has 0 spiro atoms. The van der Waals surface area contributed by atoms with Crippen LogP contribution in [0.25, 0.3) is 131 Å². The van der Waals surface area contributed by atoms with Crippen LogP contribution in [0.2, 0.25) is 0 Å². The van der Waals surface area contributed by atoms with Crippen LogP contribution in [0.1, 0.15) is 0 Å². The first-order chi connectivity index (χ1) is 29.8. The highest BCUT2D eigenvalue weighted by Gasteiger charge is 2.22. The van der Waals surface area contributed by atoms with Crippen LogP contribution in [0, 0.1) is 0 Å². The lowest BCUT2D eigenvalue weighted by atomic mass is 9.84. The highest BCUT2D eigenvalue weighted by Crippen LogP contribution is 2.49. The Hall–Kier alpha value is -7.94. The molecule has 60 heavy (non-hydrogen) atoms. The number of fused-ring (bicyclic) bond motifs is 10. The zero-order valence-corrected chi connectivity index (χ0v) is 32.4. The molecule has 13 rings (SSSR count). The van der Waals surface area contributed by atoms with Crippen molar-refractivity contribution in [3.05, 3.63) is 206 Å². The molecule has 278 valence electrons. The molecule has 0 bridgehead atoms. The third-order valence-corrected chi connectivity index (χ3v) is 12.6. The van der Waals surface area contributed by atoms with Crippen molar-refractivity contribution in [1.82, 2.24) is 0 Å². The molecule has 0 N–H and O–H groups in total. The van der Waals surface area contributed by atoms with E-state index in [0.717, 1.165) is 55.0 Å². The van der Waals surface area contributed by atoms with Crippen molar-refractivity contribution in [2.24, 2.45) is 0 Å². The maximum absolute atomic E-state index is 6.73. The maximum Gasteiger partial charge on any atom is 0.136 e. The van der Waals surface area contributed by atoms with Crippen molar-refractivity contribution < 1.29 is 8.83 Å². The summed E-state index contributed by atoms with van der Waals surface area (Å²) in [7, 11) is 0. The molecule has 0 radical (unpaired) electrons. The molecule has 0 aliphatic rings. The lowest BCUT2D eigenvalue weighted by Crippen LogP contribution is -1.91. The third-order valence-electron chi connectivity index (χ3n) is 12.6. The summed E-state index contributed by atoms with van der Waals surface area (Å²) in [6.45, 7) is 0. The third kappa shape index (κ3) is 4.76. The number of furan rings is 2. The smallest absolute Gasteiger partial charge is 0.136 e. The predicted molar refractivity (Wildman–Crippen MR) is 253 cm³/mol. The molecule has 0 amide bonds. The van der Waals surface area contributed by atoms with Crippen LogP contribution in [-0.4, -0.2) is 0 Å². The van der Waals surface area contributed by atoms with Crippen molar-refractivity contribution in [2.45, 2.75) is 0 Å². The predicted octanol–water partition coefficient (Wildman–Crippen LogP) is 16.8. The first-order valence-electron chi connectivity index (χ1n) is 20.6. The maximum atomic E-state index is 6.73. The van der Waals surface area contributed by atoms with Crippen LogP contribution in [0.4, 0.5) is 0 Å². The van der Waals surface area contributed by atoms with Crippen LogP contribution in [-0.2, 0) is 0 Å². The second-order valence-corrected chi connectivity index (χ2v) is 15.8. The molecule has 0 unspecified atom stereocenters. The fourth-order valence-corrected chi connectivity index (χ4v) is 10.2. The highest BCUT2D eigenvalue weighted by atomic mass is 16.3. The monoisotopic (exact) mass is 762 g/mol. The van der Waals surface area contributed by atoms with Crippen molar-refractivity contribution in [3.8, 4) is 44.5 Å². The van der Waals surface area contributed by atoms with Gasteiger partial charge < -0.3 is 8.83 Å². The molecule has 0 atom stereocenters. The molecule has 2 nitrogen and oxygen atoms in total. The van der Waals surface area contributed by atoms with Gasteiger partial charge in [0.25, 0.3) is 0 Å². The molecule has 0 aliphatic heterocycles. The van der Waals surface area contributed by atoms with Gasteiger partial charge in [0, 0.05) is 21.5 Å². The molecule has 11 aromatic carbocycles. The van der Waals surface area contributed by atoms with Crippen molar-refractivity contribution >= 4 is 87.0 Å². The average molecular weight is 763 g/mol. The number of rotatable bonds is 4. The zero-order chi connectivity index (χ0) is 39.3. The van der Waals surface area contributed by atoms with Gasteiger partial charge in [-0.1, -0.05) is 170 Å². The Balaban J connectivity index is 1.02. The van der Waals surface area contributed by atoms with Crippen molar-refractivity contribution in [2.75, 3.05) is 0 Å². The minimum Gasteiger partial charge on any atom is -0.456 e. The van der Waals surface area contributed by atoms with Gasteiger partial charge in [-0.15, -0.1) is 0 Å². The first kappa shape index (κ1) is 33.1. The summed E-state index contributed by atoms with van der Waals surface area (Å²) >= 11 is 0. The summed E-state index contributed by atoms with van der Waals surface area (Å²) in [5.74, 6) is 0. The second-order valence-electron chi connectivity index (χ2n) is 15.8. The van der Waals surface area contributed by atoms with E-state index in [2.05, 4.69) is 200 Å². The van der Waals surface area contributed by atoms with Gasteiger partial charge in [-0.25, -0.2) is 0 Å². The summed E-state index contributed by atoms with van der Waals surface area (Å²) in [6, 6.07) is 74.4. The van der Waals surface area contributed by atoms with E-state index in [1.54, 1.807) is 0 Å². The van der Waals surface area contributed by atoms with Gasteiger partial charge in [0.2, 0.25) is 0 Å². The Kier molecular flexibility index (Phi) is 7.05. The van der Waals surface area contributed by atoms with Gasteiger partial charge >= 0.3 is 0 Å². The molecule has 0 saturated carbocycles. The van der Waals surface area contributed by atoms with E-state index in [-0.39, 0.29) is 0 Å². The van der Waals surface area contributed by atoms with Crippen LogP contribution in [0.3, 0.4) is 0 Å². The van der Waals surface area contributed by atoms with Crippen molar-refractivity contribution in [3.63, 3.8) is 0 Å². The van der Waals surface area contributed by atoms with E-state index in [0.29, 0.717) is 0 Å². The molecule has 13 aromatic rings. The van der Waals surface area contributed by atoms with Crippen LogP contribution in [0.15, 0.2) is 215 Å². The summed E-state index contributed by atoms with van der Waals surface area (Å²) < 4.78 is 13.1. The summed E-state index contributed by atoms with van der Waals surface area (Å²) in [6.07, 6.45) is 0. The average Bonchev–Trinajstić information content (AvgIpc) is 3.88. The highest BCUT2D eigenvalue weighted by molar-refractivity contribution is 6.26. The van der Waals surface area contributed by atoms with E-state index in [4.69, 9.17) is 8.83 Å². The molecule has 2 heteroatoms. The minimum atomic E-state index is 0.879. The normalized spacial score (nSPS) is 12.0. The zero-order valence-electron chi connectivity index (χ0n) is 32.4. The number of para-hydroxylation sites is 1. The van der Waals surface area contributed by atoms with Crippen LogP contribution in [0.5, 0.6) is 0 Å². The standard InChI is InChI=1S/C58H34O2/c1-2-15-35(16-3-1)54-39-17-4-6-19-41(39)56(42-20-7-5-18-40(42)54)37-29-31-38-49-33-36(30-32-51(49)60-53(38)34-37)55-43-21-8-10-23-45(43)57(46-24-11-9-22-44(46)55)48-26-14-28-52-58(48)47-25-12-13-27-50(47)59-52/h1-34H. The van der Waals surface area contributed by atoms with Crippen LogP contribution < -0.4 is 0 Å². The van der Waals surface area contributed by atoms with E-state index >= 15 is 0 Å².